The predicted octanol–water partition coefficient (Wildman–Crippen LogP) is 2.94. The smallest absolute Gasteiger partial charge is 0.229 e. The van der Waals surface area contributed by atoms with Gasteiger partial charge in [-0.3, -0.25) is 0 Å². The molecule has 2 saturated heterocycles. The highest BCUT2D eigenvalue weighted by Gasteiger charge is 2.20. The largest absolute Gasteiger partial charge is 0.369 e. The molecule has 0 amide bonds. The fourth-order valence-electron chi connectivity index (χ4n) is 4.27. The lowest BCUT2D eigenvalue weighted by Crippen LogP contribution is -2.44. The maximum atomic E-state index is 4.86. The second kappa shape index (κ2) is 8.10. The normalized spacial score (nSPS) is 17.8. The van der Waals surface area contributed by atoms with E-state index in [0.29, 0.717) is 0 Å². The summed E-state index contributed by atoms with van der Waals surface area (Å²) in [6, 6.07) is 8.65. The summed E-state index contributed by atoms with van der Waals surface area (Å²) >= 11 is 0. The molecule has 2 aliphatic rings. The van der Waals surface area contributed by atoms with Crippen molar-refractivity contribution in [2.24, 2.45) is 0 Å². The minimum atomic E-state index is 0.779. The number of imidazole rings is 1. The van der Waals surface area contributed by atoms with Crippen LogP contribution in [0.15, 0.2) is 30.6 Å². The number of hydrogen-bond donors (Lipinski definition) is 1. The van der Waals surface area contributed by atoms with Crippen molar-refractivity contribution in [1.29, 1.82) is 0 Å². The van der Waals surface area contributed by atoms with Gasteiger partial charge in [-0.2, -0.15) is 9.97 Å². The molecule has 1 aromatic carbocycles. The van der Waals surface area contributed by atoms with E-state index in [-0.39, 0.29) is 0 Å². The molecule has 30 heavy (non-hydrogen) atoms. The Kier molecular flexibility index (Phi) is 5.16. The van der Waals surface area contributed by atoms with Crippen molar-refractivity contribution in [3.63, 3.8) is 0 Å². The lowest BCUT2D eigenvalue weighted by atomic mass is 10.2. The molecule has 3 aromatic rings. The van der Waals surface area contributed by atoms with Crippen LogP contribution >= 0.6 is 0 Å². The Labute approximate surface area is 177 Å². The second-order valence-electron chi connectivity index (χ2n) is 8.23. The SMILES string of the molecule is CCn1cnc2c(Nc3ccc(N4CCN(C)CC4)cc3)nc(N3CCCC3)nc21. The van der Waals surface area contributed by atoms with Crippen molar-refractivity contribution in [1.82, 2.24) is 24.4 Å². The minimum Gasteiger partial charge on any atom is -0.369 e. The van der Waals surface area contributed by atoms with Crippen LogP contribution in [0, 0.1) is 0 Å². The zero-order valence-electron chi connectivity index (χ0n) is 17.9. The first-order chi connectivity index (χ1) is 14.7. The highest BCUT2D eigenvalue weighted by atomic mass is 15.3. The van der Waals surface area contributed by atoms with Crippen LogP contribution in [0.25, 0.3) is 11.2 Å². The summed E-state index contributed by atoms with van der Waals surface area (Å²) in [5, 5.41) is 3.51. The molecular weight excluding hydrogens is 376 g/mol. The van der Waals surface area contributed by atoms with Gasteiger partial charge >= 0.3 is 0 Å². The first-order valence-electron chi connectivity index (χ1n) is 11.0. The maximum absolute atomic E-state index is 4.86. The average Bonchev–Trinajstić information content (AvgIpc) is 3.45. The fraction of sp³-hybridized carbons (Fsp3) is 0.500. The monoisotopic (exact) mass is 406 g/mol. The summed E-state index contributed by atoms with van der Waals surface area (Å²) in [6.45, 7) is 9.36. The number of hydrogen-bond acceptors (Lipinski definition) is 7. The molecule has 2 fully saturated rings. The summed E-state index contributed by atoms with van der Waals surface area (Å²) < 4.78 is 2.08. The molecule has 0 spiro atoms. The summed E-state index contributed by atoms with van der Waals surface area (Å²) in [6.07, 6.45) is 4.25. The third-order valence-electron chi connectivity index (χ3n) is 6.18. The summed E-state index contributed by atoms with van der Waals surface area (Å²) in [7, 11) is 2.18. The molecule has 2 aromatic heterocycles. The van der Waals surface area contributed by atoms with Crippen LogP contribution in [0.5, 0.6) is 0 Å². The van der Waals surface area contributed by atoms with Gasteiger partial charge in [0.15, 0.2) is 17.0 Å². The van der Waals surface area contributed by atoms with Crippen LogP contribution in [0.2, 0.25) is 0 Å². The number of fused-ring (bicyclic) bond motifs is 1. The molecule has 5 rings (SSSR count). The number of aromatic nitrogens is 4. The van der Waals surface area contributed by atoms with Crippen molar-refractivity contribution in [2.45, 2.75) is 26.3 Å². The summed E-state index contributed by atoms with van der Waals surface area (Å²) in [5.74, 6) is 1.58. The Bertz CT molecular complexity index is 998. The molecule has 0 aliphatic carbocycles. The van der Waals surface area contributed by atoms with Gasteiger partial charge in [-0.25, -0.2) is 4.98 Å². The third-order valence-corrected chi connectivity index (χ3v) is 6.18. The molecule has 0 bridgehead atoms. The van der Waals surface area contributed by atoms with Crippen LogP contribution in [0.1, 0.15) is 19.8 Å². The number of aryl methyl sites for hydroxylation is 1. The van der Waals surface area contributed by atoms with Crippen LogP contribution in [-0.2, 0) is 6.54 Å². The van der Waals surface area contributed by atoms with Crippen molar-refractivity contribution in [2.75, 3.05) is 61.4 Å². The molecule has 0 atom stereocenters. The Morgan fingerprint density at radius 3 is 2.33 bits per heavy atom. The number of anilines is 4. The Hall–Kier alpha value is -2.87. The number of piperazine rings is 1. The molecule has 2 aliphatic heterocycles. The fourth-order valence-corrected chi connectivity index (χ4v) is 4.27. The average molecular weight is 407 g/mol. The quantitative estimate of drug-likeness (QED) is 0.699. The van der Waals surface area contributed by atoms with Gasteiger partial charge in [0.1, 0.15) is 0 Å². The molecular formula is C22H30N8. The Morgan fingerprint density at radius 2 is 1.63 bits per heavy atom. The summed E-state index contributed by atoms with van der Waals surface area (Å²) in [4.78, 5) is 21.4. The molecule has 4 heterocycles. The van der Waals surface area contributed by atoms with E-state index in [1.807, 2.05) is 6.33 Å². The lowest BCUT2D eigenvalue weighted by molar-refractivity contribution is 0.313. The zero-order valence-corrected chi connectivity index (χ0v) is 17.9. The van der Waals surface area contributed by atoms with Crippen molar-refractivity contribution < 1.29 is 0 Å². The van der Waals surface area contributed by atoms with E-state index < -0.39 is 0 Å². The van der Waals surface area contributed by atoms with Gasteiger partial charge in [-0.15, -0.1) is 0 Å². The van der Waals surface area contributed by atoms with Gasteiger partial charge in [0.2, 0.25) is 5.95 Å². The zero-order chi connectivity index (χ0) is 20.5. The molecule has 8 nitrogen and oxygen atoms in total. The predicted molar refractivity (Wildman–Crippen MR) is 122 cm³/mol. The van der Waals surface area contributed by atoms with Gasteiger partial charge < -0.3 is 24.6 Å². The Morgan fingerprint density at radius 1 is 0.900 bits per heavy atom. The van der Waals surface area contributed by atoms with E-state index in [0.717, 1.165) is 74.4 Å². The lowest BCUT2D eigenvalue weighted by Gasteiger charge is -2.34. The molecule has 8 heteroatoms. The van der Waals surface area contributed by atoms with E-state index in [2.05, 4.69) is 67.8 Å². The molecule has 0 unspecified atom stereocenters. The van der Waals surface area contributed by atoms with E-state index in [9.17, 15) is 0 Å². The second-order valence-corrected chi connectivity index (χ2v) is 8.23. The van der Waals surface area contributed by atoms with E-state index in [1.165, 1.54) is 18.5 Å². The van der Waals surface area contributed by atoms with Crippen LogP contribution in [0.3, 0.4) is 0 Å². The topological polar surface area (TPSA) is 65.4 Å². The third kappa shape index (κ3) is 3.67. The van der Waals surface area contributed by atoms with Crippen molar-refractivity contribution >= 4 is 34.3 Å². The van der Waals surface area contributed by atoms with Crippen LogP contribution in [-0.4, -0.2) is 70.7 Å². The van der Waals surface area contributed by atoms with Gasteiger partial charge in [-0.05, 0) is 51.1 Å². The van der Waals surface area contributed by atoms with E-state index in [1.54, 1.807) is 0 Å². The maximum Gasteiger partial charge on any atom is 0.229 e. The summed E-state index contributed by atoms with van der Waals surface area (Å²) in [5.41, 5.74) is 4.01. The number of nitrogens with one attached hydrogen (secondary N) is 1. The first kappa shape index (κ1) is 19.1. The standard InChI is InChI=1S/C22H30N8/c1-3-28-16-23-19-20(25-22(26-21(19)28)30-10-4-5-11-30)24-17-6-8-18(9-7-17)29-14-12-27(2)13-15-29/h6-9,16H,3-5,10-15H2,1-2H3,(H,24,25,26). The highest BCUT2D eigenvalue weighted by Crippen LogP contribution is 2.28. The van der Waals surface area contributed by atoms with Crippen LogP contribution in [0.4, 0.5) is 23.1 Å². The van der Waals surface area contributed by atoms with Gasteiger partial charge in [-0.1, -0.05) is 0 Å². The first-order valence-corrected chi connectivity index (χ1v) is 11.0. The number of nitrogens with zero attached hydrogens (tertiary/aromatic N) is 7. The molecule has 1 N–H and O–H groups in total. The van der Waals surface area contributed by atoms with Crippen LogP contribution < -0.4 is 15.1 Å². The van der Waals surface area contributed by atoms with Gasteiger partial charge in [0, 0.05) is 57.2 Å². The van der Waals surface area contributed by atoms with Crippen molar-refractivity contribution in [3.8, 4) is 0 Å². The highest BCUT2D eigenvalue weighted by molar-refractivity contribution is 5.86. The number of likely N-dealkylation sites (N-methyl/N-ethyl adjacent to an activating group) is 1. The number of rotatable bonds is 5. The molecule has 158 valence electrons. The van der Waals surface area contributed by atoms with Gasteiger partial charge in [0.05, 0.1) is 6.33 Å². The van der Waals surface area contributed by atoms with E-state index in [4.69, 9.17) is 9.97 Å². The minimum absolute atomic E-state index is 0.779. The molecule has 0 radical (unpaired) electrons. The van der Waals surface area contributed by atoms with Crippen molar-refractivity contribution in [3.05, 3.63) is 30.6 Å². The van der Waals surface area contributed by atoms with E-state index >= 15 is 0 Å². The van der Waals surface area contributed by atoms with Gasteiger partial charge in [0.25, 0.3) is 0 Å². The Balaban J connectivity index is 1.42. The number of benzene rings is 1. The molecule has 0 saturated carbocycles.